The number of nitrogens with zero attached hydrogens (tertiary/aromatic N) is 3. The van der Waals surface area contributed by atoms with Crippen molar-refractivity contribution in [2.24, 2.45) is 0 Å². The number of rotatable bonds is 4. The molecule has 0 saturated carbocycles. The maximum Gasteiger partial charge on any atom is 0.418 e. The van der Waals surface area contributed by atoms with Crippen molar-refractivity contribution in [2.45, 2.75) is 6.18 Å². The van der Waals surface area contributed by atoms with Gasteiger partial charge in [-0.1, -0.05) is 0 Å². The molecule has 3 rings (SSSR count). The molecule has 0 aliphatic carbocycles. The number of pyridine rings is 1. The molecule has 0 atom stereocenters. The van der Waals surface area contributed by atoms with Gasteiger partial charge in [-0.25, -0.2) is 8.42 Å². The molecule has 2 heterocycles. The van der Waals surface area contributed by atoms with Crippen molar-refractivity contribution in [2.75, 3.05) is 30.9 Å². The van der Waals surface area contributed by atoms with Gasteiger partial charge in [-0.05, 0) is 30.3 Å². The molecule has 2 aromatic rings. The summed E-state index contributed by atoms with van der Waals surface area (Å²) in [6, 6.07) is 5.91. The van der Waals surface area contributed by atoms with Crippen LogP contribution in [0.3, 0.4) is 0 Å². The fourth-order valence-electron chi connectivity index (χ4n) is 3.07. The monoisotopic (exact) mass is 442 g/mol. The SMILES string of the molecule is O=C(c1cccnc1)N1CCN(C(=O)c2ccc(N[SH](=O)=O)c(C(F)(F)F)c2)CC1. The Bertz CT molecular complexity index is 1010. The fourth-order valence-corrected chi connectivity index (χ4v) is 3.47. The van der Waals surface area contributed by atoms with E-state index in [0.29, 0.717) is 11.6 Å². The highest BCUT2D eigenvalue weighted by Crippen LogP contribution is 2.35. The number of halogens is 3. The van der Waals surface area contributed by atoms with Crippen molar-refractivity contribution >= 4 is 28.4 Å². The van der Waals surface area contributed by atoms with E-state index in [1.54, 1.807) is 28.0 Å². The maximum absolute atomic E-state index is 13.3. The predicted molar refractivity (Wildman–Crippen MR) is 101 cm³/mol. The second-order valence-corrected chi connectivity index (χ2v) is 7.19. The second-order valence-electron chi connectivity index (χ2n) is 6.45. The lowest BCUT2D eigenvalue weighted by Crippen LogP contribution is -2.50. The van der Waals surface area contributed by atoms with Gasteiger partial charge in [-0.3, -0.25) is 19.3 Å². The molecule has 1 aliphatic rings. The highest BCUT2D eigenvalue weighted by molar-refractivity contribution is 7.73. The molecule has 1 saturated heterocycles. The molecule has 0 unspecified atom stereocenters. The number of benzene rings is 1. The molecule has 2 amide bonds. The van der Waals surface area contributed by atoms with E-state index in [-0.39, 0.29) is 37.6 Å². The first kappa shape index (κ1) is 21.6. The van der Waals surface area contributed by atoms with Crippen LogP contribution in [0.25, 0.3) is 0 Å². The lowest BCUT2D eigenvalue weighted by molar-refractivity contribution is -0.136. The number of piperazine rings is 1. The number of nitrogens with one attached hydrogen (secondary N) is 1. The van der Waals surface area contributed by atoms with Crippen LogP contribution < -0.4 is 4.72 Å². The summed E-state index contributed by atoms with van der Waals surface area (Å²) in [5, 5.41) is 0. The van der Waals surface area contributed by atoms with Gasteiger partial charge in [0, 0.05) is 44.1 Å². The first-order valence-corrected chi connectivity index (χ1v) is 9.95. The molecule has 1 aromatic heterocycles. The average molecular weight is 442 g/mol. The number of amides is 2. The molecule has 0 radical (unpaired) electrons. The van der Waals surface area contributed by atoms with Crippen LogP contribution in [0.2, 0.25) is 0 Å². The van der Waals surface area contributed by atoms with E-state index in [1.807, 2.05) is 0 Å². The number of anilines is 1. The Hall–Kier alpha value is -3.15. The van der Waals surface area contributed by atoms with Gasteiger partial charge in [-0.2, -0.15) is 13.2 Å². The number of thiol groups is 1. The van der Waals surface area contributed by atoms with Crippen LogP contribution >= 0.6 is 0 Å². The number of alkyl halides is 3. The number of carbonyl (C=O) groups excluding carboxylic acids is 2. The number of hydrogen-bond acceptors (Lipinski definition) is 5. The fraction of sp³-hybridized carbons (Fsp3) is 0.278. The maximum atomic E-state index is 13.3. The van der Waals surface area contributed by atoms with E-state index in [2.05, 4.69) is 4.98 Å². The van der Waals surface area contributed by atoms with Gasteiger partial charge in [0.1, 0.15) is 0 Å². The minimum Gasteiger partial charge on any atom is -0.335 e. The molecule has 1 N–H and O–H groups in total. The smallest absolute Gasteiger partial charge is 0.335 e. The lowest BCUT2D eigenvalue weighted by atomic mass is 10.1. The van der Waals surface area contributed by atoms with Gasteiger partial charge < -0.3 is 9.80 Å². The lowest BCUT2D eigenvalue weighted by Gasteiger charge is -2.35. The van der Waals surface area contributed by atoms with Crippen LogP contribution in [-0.4, -0.2) is 61.2 Å². The molecule has 8 nitrogen and oxygen atoms in total. The van der Waals surface area contributed by atoms with Gasteiger partial charge in [0.15, 0.2) is 0 Å². The first-order chi connectivity index (χ1) is 14.2. The van der Waals surface area contributed by atoms with Gasteiger partial charge in [-0.15, -0.1) is 0 Å². The van der Waals surface area contributed by atoms with Crippen molar-refractivity contribution in [1.82, 2.24) is 14.8 Å². The average Bonchev–Trinajstić information content (AvgIpc) is 2.72. The van der Waals surface area contributed by atoms with Crippen molar-refractivity contribution in [3.63, 3.8) is 0 Å². The van der Waals surface area contributed by atoms with Crippen LogP contribution in [0.4, 0.5) is 18.9 Å². The molecule has 0 spiro atoms. The highest BCUT2D eigenvalue weighted by atomic mass is 32.2. The van der Waals surface area contributed by atoms with E-state index in [9.17, 15) is 31.2 Å². The van der Waals surface area contributed by atoms with Crippen LogP contribution in [0.1, 0.15) is 26.3 Å². The zero-order valence-corrected chi connectivity index (χ0v) is 16.3. The number of carbonyl (C=O) groups is 2. The summed E-state index contributed by atoms with van der Waals surface area (Å²) in [5.41, 5.74) is -1.71. The summed E-state index contributed by atoms with van der Waals surface area (Å²) < 4.78 is 63.0. The zero-order chi connectivity index (χ0) is 21.9. The van der Waals surface area contributed by atoms with E-state index < -0.39 is 34.2 Å². The summed E-state index contributed by atoms with van der Waals surface area (Å²) in [7, 11) is -3.30. The molecular formula is C18H17F3N4O4S. The Morgan fingerprint density at radius 2 is 1.57 bits per heavy atom. The Balaban J connectivity index is 1.72. The third-order valence-electron chi connectivity index (χ3n) is 4.55. The normalized spacial score (nSPS) is 14.7. The third-order valence-corrected chi connectivity index (χ3v) is 4.97. The van der Waals surface area contributed by atoms with E-state index in [1.165, 1.54) is 11.1 Å². The van der Waals surface area contributed by atoms with Gasteiger partial charge >= 0.3 is 6.18 Å². The predicted octanol–water partition coefficient (Wildman–Crippen LogP) is 1.64. The molecule has 160 valence electrons. The van der Waals surface area contributed by atoms with Crippen molar-refractivity contribution in [1.29, 1.82) is 0 Å². The Labute approximate surface area is 171 Å². The van der Waals surface area contributed by atoms with Gasteiger partial charge in [0.05, 0.1) is 16.8 Å². The molecule has 30 heavy (non-hydrogen) atoms. The summed E-state index contributed by atoms with van der Waals surface area (Å²) in [5.74, 6) is -0.872. The Kier molecular flexibility index (Phi) is 6.25. The van der Waals surface area contributed by atoms with Crippen LogP contribution in [0, 0.1) is 0 Å². The third kappa shape index (κ3) is 4.87. The molecule has 1 fully saturated rings. The van der Waals surface area contributed by atoms with Gasteiger partial charge in [0.25, 0.3) is 11.8 Å². The van der Waals surface area contributed by atoms with E-state index in [4.69, 9.17) is 0 Å². The molecule has 12 heteroatoms. The van der Waals surface area contributed by atoms with E-state index >= 15 is 0 Å². The van der Waals surface area contributed by atoms with Crippen molar-refractivity contribution in [3.05, 3.63) is 59.4 Å². The summed E-state index contributed by atoms with van der Waals surface area (Å²) in [6.07, 6.45) is -1.87. The first-order valence-electron chi connectivity index (χ1n) is 8.77. The molecule has 1 aromatic carbocycles. The molecular weight excluding hydrogens is 425 g/mol. The van der Waals surface area contributed by atoms with Crippen molar-refractivity contribution in [3.8, 4) is 0 Å². The quantitative estimate of drug-likeness (QED) is 0.702. The Morgan fingerprint density at radius 1 is 0.967 bits per heavy atom. The van der Waals surface area contributed by atoms with Crippen LogP contribution in [-0.2, 0) is 17.1 Å². The summed E-state index contributed by atoms with van der Waals surface area (Å²) in [6.45, 7) is 0.751. The van der Waals surface area contributed by atoms with Crippen LogP contribution in [0.5, 0.6) is 0 Å². The molecule has 0 bridgehead atoms. The van der Waals surface area contributed by atoms with Crippen molar-refractivity contribution < 1.29 is 31.2 Å². The minimum atomic E-state index is -4.85. The standard InChI is InChI=1S/C18H17F3N4O4S/c19-18(20,21)14-10-12(3-4-15(14)23-30(28)29)16(26)24-6-8-25(9-7-24)17(27)13-2-1-5-22-11-13/h1-5,10-11,30H,6-9H2,(H,23,28,29). The van der Waals surface area contributed by atoms with E-state index in [0.717, 1.165) is 12.1 Å². The van der Waals surface area contributed by atoms with Crippen LogP contribution in [0.15, 0.2) is 42.7 Å². The molecule has 1 aliphatic heterocycles. The van der Waals surface area contributed by atoms with Gasteiger partial charge in [0.2, 0.25) is 10.9 Å². The topological polar surface area (TPSA) is 99.7 Å². The summed E-state index contributed by atoms with van der Waals surface area (Å²) in [4.78, 5) is 31.9. The minimum absolute atomic E-state index is 0.151. The highest BCUT2D eigenvalue weighted by Gasteiger charge is 2.35. The Morgan fingerprint density at radius 3 is 2.07 bits per heavy atom. The largest absolute Gasteiger partial charge is 0.418 e. The summed E-state index contributed by atoms with van der Waals surface area (Å²) >= 11 is 0. The number of hydrogen-bond donors (Lipinski definition) is 2. The zero-order valence-electron chi connectivity index (χ0n) is 15.4. The second kappa shape index (κ2) is 8.69. The number of aromatic nitrogens is 1.